The summed E-state index contributed by atoms with van der Waals surface area (Å²) < 4.78 is 0.902. The highest BCUT2D eigenvalue weighted by molar-refractivity contribution is 9.10. The third kappa shape index (κ3) is 2.03. The minimum Gasteiger partial charge on any atom is -0.330 e. The van der Waals surface area contributed by atoms with E-state index >= 15 is 0 Å². The van der Waals surface area contributed by atoms with E-state index in [4.69, 9.17) is 5.73 Å². The van der Waals surface area contributed by atoms with E-state index in [1.807, 2.05) is 18.2 Å². The van der Waals surface area contributed by atoms with Gasteiger partial charge in [-0.3, -0.25) is 0 Å². The second-order valence-corrected chi connectivity index (χ2v) is 4.45. The van der Waals surface area contributed by atoms with Crippen LogP contribution in [0, 0.1) is 0 Å². The molecule has 0 radical (unpaired) electrons. The Bertz CT molecular complexity index is 482. The number of hydrogen-bond acceptors (Lipinski definition) is 2. The lowest BCUT2D eigenvalue weighted by Crippen LogP contribution is -2.10. The summed E-state index contributed by atoms with van der Waals surface area (Å²) in [6.07, 6.45) is 0. The van der Waals surface area contributed by atoms with Gasteiger partial charge in [-0.05, 0) is 46.1 Å². The first-order valence-electron chi connectivity index (χ1n) is 4.97. The van der Waals surface area contributed by atoms with Gasteiger partial charge in [-0.1, -0.05) is 25.1 Å². The minimum absolute atomic E-state index is 0.330. The van der Waals surface area contributed by atoms with E-state index in [1.54, 1.807) is 0 Å². The van der Waals surface area contributed by atoms with Crippen LogP contribution in [0.1, 0.15) is 18.4 Å². The van der Waals surface area contributed by atoms with Gasteiger partial charge in [0.15, 0.2) is 0 Å². The first-order valence-corrected chi connectivity index (χ1v) is 5.77. The average Bonchev–Trinajstić information content (AvgIpc) is 2.27. The smallest absolute Gasteiger partial charge is 0.110 e. The van der Waals surface area contributed by atoms with Crippen molar-refractivity contribution in [3.8, 4) is 0 Å². The first-order chi connectivity index (χ1) is 7.22. The summed E-state index contributed by atoms with van der Waals surface area (Å²) >= 11 is 3.49. The fourth-order valence-corrected chi connectivity index (χ4v) is 2.28. The van der Waals surface area contributed by atoms with Crippen LogP contribution in [0.5, 0.6) is 0 Å². The van der Waals surface area contributed by atoms with Gasteiger partial charge in [0.05, 0.1) is 5.52 Å². The van der Waals surface area contributed by atoms with E-state index in [0.717, 1.165) is 15.5 Å². The number of hydrogen-bond donors (Lipinski definition) is 1. The molecule has 0 aliphatic rings. The zero-order valence-corrected chi connectivity index (χ0v) is 10.2. The lowest BCUT2D eigenvalue weighted by atomic mass is 10.0. The molecule has 0 saturated carbocycles. The number of halogens is 1. The Morgan fingerprint density at radius 2 is 2.13 bits per heavy atom. The predicted octanol–water partition coefficient (Wildman–Crippen LogP) is 3.06. The zero-order valence-electron chi connectivity index (χ0n) is 8.57. The SMILES string of the molecule is CC(CN)c1cc2ccccc2nc1Br. The molecular weight excluding hydrogens is 252 g/mol. The normalized spacial score (nSPS) is 13.0. The van der Waals surface area contributed by atoms with Crippen LogP contribution in [0.3, 0.4) is 0 Å². The quantitative estimate of drug-likeness (QED) is 0.847. The van der Waals surface area contributed by atoms with Crippen LogP contribution in [-0.2, 0) is 0 Å². The third-order valence-electron chi connectivity index (χ3n) is 2.59. The molecule has 1 heterocycles. The van der Waals surface area contributed by atoms with E-state index in [0.29, 0.717) is 12.5 Å². The zero-order chi connectivity index (χ0) is 10.8. The molecule has 2 rings (SSSR count). The maximum atomic E-state index is 5.67. The van der Waals surface area contributed by atoms with E-state index < -0.39 is 0 Å². The highest BCUT2D eigenvalue weighted by Gasteiger charge is 2.09. The van der Waals surface area contributed by atoms with Crippen LogP contribution < -0.4 is 5.73 Å². The summed E-state index contributed by atoms with van der Waals surface area (Å²) in [6, 6.07) is 10.3. The Balaban J connectivity index is 2.61. The van der Waals surface area contributed by atoms with Crippen LogP contribution in [0.15, 0.2) is 34.9 Å². The Kier molecular flexibility index (Phi) is 3.03. The molecule has 1 unspecified atom stereocenters. The number of aromatic nitrogens is 1. The Hall–Kier alpha value is -0.930. The lowest BCUT2D eigenvalue weighted by Gasteiger charge is -2.11. The van der Waals surface area contributed by atoms with Crippen molar-refractivity contribution in [2.45, 2.75) is 12.8 Å². The minimum atomic E-state index is 0.330. The summed E-state index contributed by atoms with van der Waals surface area (Å²) in [5.41, 5.74) is 7.86. The number of benzene rings is 1. The molecule has 1 atom stereocenters. The highest BCUT2D eigenvalue weighted by Crippen LogP contribution is 2.26. The summed E-state index contributed by atoms with van der Waals surface area (Å²) in [6.45, 7) is 2.75. The molecule has 0 fully saturated rings. The summed E-state index contributed by atoms with van der Waals surface area (Å²) in [4.78, 5) is 4.51. The van der Waals surface area contributed by atoms with E-state index in [2.05, 4.69) is 40.0 Å². The van der Waals surface area contributed by atoms with Crippen LogP contribution in [0.4, 0.5) is 0 Å². The van der Waals surface area contributed by atoms with Crippen LogP contribution in [0.2, 0.25) is 0 Å². The van der Waals surface area contributed by atoms with Crippen molar-refractivity contribution in [1.82, 2.24) is 4.98 Å². The van der Waals surface area contributed by atoms with Crippen molar-refractivity contribution in [1.29, 1.82) is 0 Å². The molecule has 1 aromatic carbocycles. The Morgan fingerprint density at radius 3 is 2.87 bits per heavy atom. The van der Waals surface area contributed by atoms with Gasteiger partial charge >= 0.3 is 0 Å². The van der Waals surface area contributed by atoms with E-state index in [1.165, 1.54) is 5.56 Å². The van der Waals surface area contributed by atoms with Gasteiger partial charge in [0.2, 0.25) is 0 Å². The molecular formula is C12H13BrN2. The number of para-hydroxylation sites is 1. The molecule has 2 nitrogen and oxygen atoms in total. The topological polar surface area (TPSA) is 38.9 Å². The Labute approximate surface area is 97.6 Å². The summed E-state index contributed by atoms with van der Waals surface area (Å²) in [7, 11) is 0. The molecule has 15 heavy (non-hydrogen) atoms. The lowest BCUT2D eigenvalue weighted by molar-refractivity contribution is 0.766. The fraction of sp³-hybridized carbons (Fsp3) is 0.250. The second kappa shape index (κ2) is 4.29. The van der Waals surface area contributed by atoms with Crippen molar-refractivity contribution < 1.29 is 0 Å². The van der Waals surface area contributed by atoms with E-state index in [9.17, 15) is 0 Å². The third-order valence-corrected chi connectivity index (χ3v) is 3.22. The summed E-state index contributed by atoms with van der Waals surface area (Å²) in [5, 5.41) is 1.16. The van der Waals surface area contributed by atoms with Crippen molar-refractivity contribution >= 4 is 26.8 Å². The molecule has 0 spiro atoms. The number of nitrogens with zero attached hydrogens (tertiary/aromatic N) is 1. The molecule has 0 aliphatic heterocycles. The average molecular weight is 265 g/mol. The van der Waals surface area contributed by atoms with Crippen LogP contribution in [0.25, 0.3) is 10.9 Å². The highest BCUT2D eigenvalue weighted by atomic mass is 79.9. The number of rotatable bonds is 2. The van der Waals surface area contributed by atoms with E-state index in [-0.39, 0.29) is 0 Å². The monoisotopic (exact) mass is 264 g/mol. The molecule has 2 aromatic rings. The van der Waals surface area contributed by atoms with Gasteiger partial charge in [0.25, 0.3) is 0 Å². The van der Waals surface area contributed by atoms with Crippen molar-refractivity contribution in [2.24, 2.45) is 5.73 Å². The predicted molar refractivity (Wildman–Crippen MR) is 66.9 cm³/mol. The van der Waals surface area contributed by atoms with Gasteiger partial charge in [-0.25, -0.2) is 4.98 Å². The summed E-state index contributed by atoms with van der Waals surface area (Å²) in [5.74, 6) is 0.330. The maximum absolute atomic E-state index is 5.67. The molecule has 1 aromatic heterocycles. The Morgan fingerprint density at radius 1 is 1.40 bits per heavy atom. The largest absolute Gasteiger partial charge is 0.330 e. The van der Waals surface area contributed by atoms with Gasteiger partial charge in [0, 0.05) is 5.39 Å². The van der Waals surface area contributed by atoms with Crippen molar-refractivity contribution in [3.05, 3.63) is 40.5 Å². The van der Waals surface area contributed by atoms with Gasteiger partial charge in [-0.15, -0.1) is 0 Å². The van der Waals surface area contributed by atoms with Crippen molar-refractivity contribution in [2.75, 3.05) is 6.54 Å². The number of nitrogens with two attached hydrogens (primary N) is 1. The molecule has 0 aliphatic carbocycles. The number of fused-ring (bicyclic) bond motifs is 1. The molecule has 0 bridgehead atoms. The second-order valence-electron chi connectivity index (χ2n) is 3.70. The molecule has 2 N–H and O–H groups in total. The standard InChI is InChI=1S/C12H13BrN2/c1-8(7-14)10-6-9-4-2-3-5-11(9)15-12(10)13/h2-6,8H,7,14H2,1H3. The van der Waals surface area contributed by atoms with Crippen LogP contribution in [-0.4, -0.2) is 11.5 Å². The van der Waals surface area contributed by atoms with Crippen molar-refractivity contribution in [3.63, 3.8) is 0 Å². The van der Waals surface area contributed by atoms with Gasteiger partial charge in [-0.2, -0.15) is 0 Å². The molecule has 0 saturated heterocycles. The maximum Gasteiger partial charge on any atom is 0.110 e. The molecule has 3 heteroatoms. The van der Waals surface area contributed by atoms with Gasteiger partial charge in [0.1, 0.15) is 4.60 Å². The van der Waals surface area contributed by atoms with Gasteiger partial charge < -0.3 is 5.73 Å². The fourth-order valence-electron chi connectivity index (χ4n) is 1.58. The molecule has 0 amide bonds. The molecule has 78 valence electrons. The first kappa shape index (κ1) is 10.6. The van der Waals surface area contributed by atoms with Crippen LogP contribution >= 0.6 is 15.9 Å². The number of pyridine rings is 1.